The van der Waals surface area contributed by atoms with E-state index in [0.717, 1.165) is 22.2 Å². The van der Waals surface area contributed by atoms with Gasteiger partial charge in [-0.1, -0.05) is 24.9 Å². The molecule has 2 aromatic rings. The third-order valence-electron chi connectivity index (χ3n) is 2.42. The summed E-state index contributed by atoms with van der Waals surface area (Å²) in [7, 11) is 7.76. The van der Waals surface area contributed by atoms with E-state index in [1.165, 1.54) is 5.39 Å². The Balaban J connectivity index is 0.000000531. The van der Waals surface area contributed by atoms with E-state index in [2.05, 4.69) is 11.2 Å². The molecule has 0 N–H and O–H groups in total. The van der Waals surface area contributed by atoms with Crippen molar-refractivity contribution in [3.05, 3.63) is 23.4 Å². The van der Waals surface area contributed by atoms with Gasteiger partial charge in [-0.3, -0.25) is 4.68 Å². The number of rotatable bonds is 0. The molecule has 3 heteroatoms. The number of aryl methyl sites for hydroxylation is 3. The zero-order chi connectivity index (χ0) is 11.6. The van der Waals surface area contributed by atoms with Crippen LogP contribution in [-0.2, 0) is 7.05 Å². The van der Waals surface area contributed by atoms with Gasteiger partial charge >= 0.3 is 0 Å². The fraction of sp³-hybridized carbons (Fsp3) is 0.417. The van der Waals surface area contributed by atoms with E-state index in [1.807, 2.05) is 45.5 Å². The van der Waals surface area contributed by atoms with Gasteiger partial charge in [0.15, 0.2) is 0 Å². The molecule has 0 aliphatic heterocycles. The van der Waals surface area contributed by atoms with Gasteiger partial charge in [0.2, 0.25) is 0 Å². The smallest absolute Gasteiger partial charge is 0.114 e. The maximum atomic E-state index is 5.82. The summed E-state index contributed by atoms with van der Waals surface area (Å²) in [5, 5.41) is 5.52. The molecule has 1 aromatic heterocycles. The zero-order valence-corrected chi connectivity index (χ0v) is 10.1. The minimum Gasteiger partial charge on any atom is -0.268 e. The Hall–Kier alpha value is -1.25. The lowest BCUT2D eigenvalue weighted by Crippen LogP contribution is -2.06. The molecule has 0 spiro atoms. The van der Waals surface area contributed by atoms with Crippen LogP contribution in [0.15, 0.2) is 12.1 Å². The van der Waals surface area contributed by atoms with Crippen molar-refractivity contribution >= 4 is 24.2 Å². The summed E-state index contributed by atoms with van der Waals surface area (Å²) >= 11 is 0. The molecule has 0 aliphatic carbocycles. The molecule has 78 valence electrons. The van der Waals surface area contributed by atoms with Crippen molar-refractivity contribution in [3.8, 4) is 0 Å². The first-order chi connectivity index (χ1) is 7.09. The van der Waals surface area contributed by atoms with Crippen LogP contribution >= 0.6 is 0 Å². The highest BCUT2D eigenvalue weighted by Crippen LogP contribution is 2.16. The number of hydrogen-bond donors (Lipinski definition) is 0. The molecular formula is C12H17BN2. The molecule has 0 amide bonds. The van der Waals surface area contributed by atoms with Crippen LogP contribution in [0.4, 0.5) is 0 Å². The lowest BCUT2D eigenvalue weighted by atomic mass is 9.90. The highest BCUT2D eigenvalue weighted by molar-refractivity contribution is 6.34. The quantitative estimate of drug-likeness (QED) is 0.595. The zero-order valence-electron chi connectivity index (χ0n) is 10.1. The van der Waals surface area contributed by atoms with Gasteiger partial charge in [0.1, 0.15) is 7.85 Å². The Kier molecular flexibility index (Phi) is 3.56. The molecule has 0 saturated heterocycles. The fourth-order valence-electron chi connectivity index (χ4n) is 1.60. The molecular weight excluding hydrogens is 183 g/mol. The summed E-state index contributed by atoms with van der Waals surface area (Å²) < 4.78 is 1.86. The van der Waals surface area contributed by atoms with E-state index in [9.17, 15) is 0 Å². The summed E-state index contributed by atoms with van der Waals surface area (Å²) in [6, 6.07) is 4.07. The number of nitrogens with zero attached hydrogens (tertiary/aromatic N) is 2. The second-order valence-corrected chi connectivity index (χ2v) is 3.43. The van der Waals surface area contributed by atoms with Crippen LogP contribution in [0.2, 0.25) is 0 Å². The molecule has 0 fully saturated rings. The SMILES string of the molecule is CC.[B]c1cc2c(cc1C)c(C)nn2C. The van der Waals surface area contributed by atoms with Crippen LogP contribution < -0.4 is 5.46 Å². The first kappa shape index (κ1) is 11.8. The van der Waals surface area contributed by atoms with Gasteiger partial charge < -0.3 is 0 Å². The Morgan fingerprint density at radius 1 is 1.20 bits per heavy atom. The van der Waals surface area contributed by atoms with Crippen LogP contribution in [0, 0.1) is 13.8 Å². The molecule has 1 aromatic carbocycles. The van der Waals surface area contributed by atoms with Crippen LogP contribution in [-0.4, -0.2) is 17.6 Å². The fourth-order valence-corrected chi connectivity index (χ4v) is 1.60. The molecule has 2 radical (unpaired) electrons. The van der Waals surface area contributed by atoms with Crippen molar-refractivity contribution < 1.29 is 0 Å². The van der Waals surface area contributed by atoms with Gasteiger partial charge in [-0.15, -0.1) is 0 Å². The molecule has 0 bridgehead atoms. The minimum atomic E-state index is 0.829. The van der Waals surface area contributed by atoms with Crippen LogP contribution in [0.5, 0.6) is 0 Å². The summed E-state index contributed by atoms with van der Waals surface area (Å²) in [5.74, 6) is 0. The molecule has 0 unspecified atom stereocenters. The number of fused-ring (bicyclic) bond motifs is 1. The predicted octanol–water partition coefficient (Wildman–Crippen LogP) is 2.01. The molecule has 1 heterocycles. The standard InChI is InChI=1S/C10H11BN2.C2H6/c1-6-4-8-7(2)12-13(3)10(8)5-9(6)11;1-2/h4-5H,1-3H3;1-2H3. The predicted molar refractivity (Wildman–Crippen MR) is 66.9 cm³/mol. The monoisotopic (exact) mass is 200 g/mol. The topological polar surface area (TPSA) is 17.8 Å². The van der Waals surface area contributed by atoms with Crippen LogP contribution in [0.25, 0.3) is 10.9 Å². The minimum absolute atomic E-state index is 0.829. The lowest BCUT2D eigenvalue weighted by Gasteiger charge is -2.01. The van der Waals surface area contributed by atoms with Gasteiger partial charge in [0, 0.05) is 12.4 Å². The summed E-state index contributed by atoms with van der Waals surface area (Å²) in [5.41, 5.74) is 4.10. The molecule has 2 rings (SSSR count). The van der Waals surface area contributed by atoms with E-state index in [1.54, 1.807) is 0 Å². The third-order valence-corrected chi connectivity index (χ3v) is 2.42. The van der Waals surface area contributed by atoms with Gasteiger partial charge in [-0.05, 0) is 26.0 Å². The number of aromatic nitrogens is 2. The van der Waals surface area contributed by atoms with E-state index < -0.39 is 0 Å². The van der Waals surface area contributed by atoms with E-state index in [-0.39, 0.29) is 0 Å². The maximum Gasteiger partial charge on any atom is 0.114 e. The molecule has 0 atom stereocenters. The maximum absolute atomic E-state index is 5.82. The Morgan fingerprint density at radius 3 is 2.40 bits per heavy atom. The second kappa shape index (κ2) is 4.52. The average Bonchev–Trinajstić information content (AvgIpc) is 2.48. The normalized spacial score (nSPS) is 9.93. The van der Waals surface area contributed by atoms with E-state index >= 15 is 0 Å². The summed E-state index contributed by atoms with van der Waals surface area (Å²) in [4.78, 5) is 0. The van der Waals surface area contributed by atoms with Crippen molar-refractivity contribution in [3.63, 3.8) is 0 Å². The molecule has 2 nitrogen and oxygen atoms in total. The van der Waals surface area contributed by atoms with Crippen molar-refractivity contribution in [2.75, 3.05) is 0 Å². The first-order valence-corrected chi connectivity index (χ1v) is 5.29. The van der Waals surface area contributed by atoms with Gasteiger partial charge in [-0.2, -0.15) is 5.10 Å². The lowest BCUT2D eigenvalue weighted by molar-refractivity contribution is 0.783. The average molecular weight is 200 g/mol. The molecule has 15 heavy (non-hydrogen) atoms. The molecule has 0 saturated carbocycles. The number of hydrogen-bond acceptors (Lipinski definition) is 1. The van der Waals surface area contributed by atoms with E-state index in [4.69, 9.17) is 7.85 Å². The highest BCUT2D eigenvalue weighted by Gasteiger charge is 2.05. The third kappa shape index (κ3) is 2.06. The largest absolute Gasteiger partial charge is 0.268 e. The van der Waals surface area contributed by atoms with Crippen molar-refractivity contribution in [2.45, 2.75) is 27.7 Å². The van der Waals surface area contributed by atoms with Crippen LogP contribution in [0.3, 0.4) is 0 Å². The van der Waals surface area contributed by atoms with Crippen LogP contribution in [0.1, 0.15) is 25.1 Å². The van der Waals surface area contributed by atoms with Gasteiger partial charge in [0.05, 0.1) is 11.2 Å². The van der Waals surface area contributed by atoms with Crippen molar-refractivity contribution in [2.24, 2.45) is 7.05 Å². The van der Waals surface area contributed by atoms with Crippen molar-refractivity contribution in [1.29, 1.82) is 0 Å². The van der Waals surface area contributed by atoms with Crippen molar-refractivity contribution in [1.82, 2.24) is 9.78 Å². The van der Waals surface area contributed by atoms with Gasteiger partial charge in [0.25, 0.3) is 0 Å². The Morgan fingerprint density at radius 2 is 1.80 bits per heavy atom. The summed E-state index contributed by atoms with van der Waals surface area (Å²) in [6.45, 7) is 8.03. The second-order valence-electron chi connectivity index (χ2n) is 3.43. The van der Waals surface area contributed by atoms with E-state index in [0.29, 0.717) is 0 Å². The molecule has 0 aliphatic rings. The number of benzene rings is 1. The Labute approximate surface area is 92.7 Å². The highest BCUT2D eigenvalue weighted by atomic mass is 15.3. The summed E-state index contributed by atoms with van der Waals surface area (Å²) in [6.07, 6.45) is 0. The Bertz CT molecular complexity index is 430. The van der Waals surface area contributed by atoms with Gasteiger partial charge in [-0.25, -0.2) is 0 Å². The first-order valence-electron chi connectivity index (χ1n) is 5.29.